The van der Waals surface area contributed by atoms with E-state index in [4.69, 9.17) is 5.73 Å². The standard InChI is InChI=1S/C35H43N7O4/c1-39-23-30(34(45)38-26-8-13-32(37-21-26)41-17-15-40(16-18-41)27-9-10-27)29-5-2-4-25(33(29)39)22-42(14-3-19-43)35(46)31(36)20-24-6-11-28(44)12-7-24/h2,4-8,11-13,19,21,27,30-31,44H,3,9-10,14-18,20,22-23,36H2,1H3,(H,38,45). The number of carbonyl (C=O) groups is 3. The first-order valence-electron chi connectivity index (χ1n) is 16.2. The topological polar surface area (TPSA) is 135 Å². The second-order valence-electron chi connectivity index (χ2n) is 12.6. The summed E-state index contributed by atoms with van der Waals surface area (Å²) in [5.74, 6) is 0.308. The zero-order valence-electron chi connectivity index (χ0n) is 26.3. The number of piperazine rings is 1. The first-order valence-corrected chi connectivity index (χ1v) is 16.2. The van der Waals surface area contributed by atoms with E-state index in [2.05, 4.69) is 25.0 Å². The Labute approximate surface area is 270 Å². The maximum Gasteiger partial charge on any atom is 0.240 e. The van der Waals surface area contributed by atoms with Crippen LogP contribution < -0.4 is 20.9 Å². The maximum absolute atomic E-state index is 13.6. The number of nitrogens with one attached hydrogen (secondary N) is 1. The molecule has 2 aromatic carbocycles. The molecule has 3 aromatic rings. The number of amides is 2. The monoisotopic (exact) mass is 625 g/mol. The van der Waals surface area contributed by atoms with E-state index in [1.807, 2.05) is 37.4 Å². The van der Waals surface area contributed by atoms with E-state index < -0.39 is 12.0 Å². The molecule has 242 valence electrons. The van der Waals surface area contributed by atoms with Crippen molar-refractivity contribution in [1.29, 1.82) is 0 Å². The first-order chi connectivity index (χ1) is 22.3. The zero-order valence-corrected chi connectivity index (χ0v) is 26.3. The van der Waals surface area contributed by atoms with Crippen molar-refractivity contribution in [1.82, 2.24) is 14.8 Å². The molecule has 1 saturated carbocycles. The predicted octanol–water partition coefficient (Wildman–Crippen LogP) is 2.73. The Morgan fingerprint density at radius 2 is 1.85 bits per heavy atom. The number of phenolic OH excluding ortho intramolecular Hbond substituents is 1. The minimum absolute atomic E-state index is 0.111. The van der Waals surface area contributed by atoms with Crippen LogP contribution in [0.25, 0.3) is 0 Å². The molecule has 3 aliphatic rings. The van der Waals surface area contributed by atoms with Crippen LogP contribution >= 0.6 is 0 Å². The summed E-state index contributed by atoms with van der Waals surface area (Å²) in [6, 6.07) is 16.3. The number of carbonyl (C=O) groups excluding carboxylic acids is 3. The SMILES string of the molecule is CN1CC(C(=O)Nc2ccc(N3CCN(C4CC4)CC3)nc2)c2cccc(CN(CCC=O)C(=O)C(N)Cc3ccc(O)cc3)c21. The van der Waals surface area contributed by atoms with Gasteiger partial charge in [-0.25, -0.2) is 4.98 Å². The van der Waals surface area contributed by atoms with E-state index in [0.717, 1.165) is 66.7 Å². The van der Waals surface area contributed by atoms with Crippen LogP contribution in [0.15, 0.2) is 60.8 Å². The number of fused-ring (bicyclic) bond motifs is 1. The quantitative estimate of drug-likeness (QED) is 0.260. The highest BCUT2D eigenvalue weighted by Gasteiger charge is 2.35. The number of aldehydes is 1. The second-order valence-corrected chi connectivity index (χ2v) is 12.6. The molecule has 2 fully saturated rings. The van der Waals surface area contributed by atoms with Crippen molar-refractivity contribution >= 4 is 35.3 Å². The highest BCUT2D eigenvalue weighted by atomic mass is 16.3. The molecule has 1 aromatic heterocycles. The summed E-state index contributed by atoms with van der Waals surface area (Å²) < 4.78 is 0. The second kappa shape index (κ2) is 13.9. The molecule has 2 amide bonds. The number of phenols is 1. The predicted molar refractivity (Wildman–Crippen MR) is 178 cm³/mol. The van der Waals surface area contributed by atoms with Crippen LogP contribution in [0.1, 0.15) is 41.9 Å². The number of benzene rings is 2. The van der Waals surface area contributed by atoms with Gasteiger partial charge in [0.05, 0.1) is 23.8 Å². The molecule has 0 radical (unpaired) electrons. The highest BCUT2D eigenvalue weighted by Crippen LogP contribution is 2.39. The molecular weight excluding hydrogens is 582 g/mol. The minimum Gasteiger partial charge on any atom is -0.508 e. The molecule has 1 saturated heterocycles. The number of aromatic hydroxyl groups is 1. The lowest BCUT2D eigenvalue weighted by molar-refractivity contribution is -0.133. The number of rotatable bonds is 12. The summed E-state index contributed by atoms with van der Waals surface area (Å²) in [5.41, 5.74) is 10.5. The average molecular weight is 626 g/mol. The fourth-order valence-electron chi connectivity index (χ4n) is 6.69. The number of likely N-dealkylation sites (N-methyl/N-ethyl adjacent to an activating group) is 1. The van der Waals surface area contributed by atoms with Crippen LogP contribution in [0, 0.1) is 0 Å². The van der Waals surface area contributed by atoms with Gasteiger partial charge in [-0.2, -0.15) is 0 Å². The van der Waals surface area contributed by atoms with Crippen molar-refractivity contribution in [2.75, 3.05) is 61.4 Å². The van der Waals surface area contributed by atoms with Crippen LogP contribution in [-0.2, 0) is 27.3 Å². The van der Waals surface area contributed by atoms with Crippen LogP contribution in [-0.4, -0.2) is 96.4 Å². The van der Waals surface area contributed by atoms with E-state index in [0.29, 0.717) is 18.7 Å². The molecular formula is C35H43N7O4. The molecule has 11 nitrogen and oxygen atoms in total. The first kappa shape index (κ1) is 31.5. The van der Waals surface area contributed by atoms with Crippen molar-refractivity contribution in [2.45, 2.75) is 50.2 Å². The van der Waals surface area contributed by atoms with Gasteiger partial charge >= 0.3 is 0 Å². The normalized spacial score (nSPS) is 18.6. The molecule has 2 atom stereocenters. The third kappa shape index (κ3) is 7.16. The molecule has 2 unspecified atom stereocenters. The smallest absolute Gasteiger partial charge is 0.240 e. The number of para-hydroxylation sites is 1. The lowest BCUT2D eigenvalue weighted by Gasteiger charge is -2.35. The Bertz CT molecular complexity index is 1540. The van der Waals surface area contributed by atoms with E-state index >= 15 is 0 Å². The molecule has 11 heteroatoms. The minimum atomic E-state index is -0.809. The number of anilines is 3. The Hall–Kier alpha value is -4.48. The number of hydrogen-bond donors (Lipinski definition) is 3. The van der Waals surface area contributed by atoms with E-state index in [1.54, 1.807) is 35.4 Å². The number of nitrogens with zero attached hydrogens (tertiary/aromatic N) is 5. The van der Waals surface area contributed by atoms with Gasteiger partial charge in [0.15, 0.2) is 0 Å². The summed E-state index contributed by atoms with van der Waals surface area (Å²) in [4.78, 5) is 51.5. The summed E-state index contributed by atoms with van der Waals surface area (Å²) in [7, 11) is 1.95. The number of hydrogen-bond acceptors (Lipinski definition) is 9. The molecule has 2 aliphatic heterocycles. The van der Waals surface area contributed by atoms with Gasteiger partial charge in [0.1, 0.15) is 17.9 Å². The summed E-state index contributed by atoms with van der Waals surface area (Å²) in [6.45, 7) is 5.06. The average Bonchev–Trinajstić information content (AvgIpc) is 3.87. The van der Waals surface area contributed by atoms with Gasteiger partial charge in [-0.3, -0.25) is 14.5 Å². The van der Waals surface area contributed by atoms with Crippen LogP contribution in [0.4, 0.5) is 17.2 Å². The fourth-order valence-corrected chi connectivity index (χ4v) is 6.69. The molecule has 46 heavy (non-hydrogen) atoms. The fraction of sp³-hybridized carbons (Fsp3) is 0.429. The maximum atomic E-state index is 13.6. The van der Waals surface area contributed by atoms with E-state index in [-0.39, 0.29) is 37.1 Å². The Morgan fingerprint density at radius 3 is 2.52 bits per heavy atom. The van der Waals surface area contributed by atoms with Crippen LogP contribution in [0.2, 0.25) is 0 Å². The van der Waals surface area contributed by atoms with Crippen molar-refractivity contribution < 1.29 is 19.5 Å². The third-order valence-corrected chi connectivity index (χ3v) is 9.30. The number of pyridine rings is 1. The van der Waals surface area contributed by atoms with Gasteiger partial charge in [0.2, 0.25) is 11.8 Å². The Balaban J connectivity index is 1.11. The molecule has 6 rings (SSSR count). The lowest BCUT2D eigenvalue weighted by Crippen LogP contribution is -2.47. The Morgan fingerprint density at radius 1 is 1.09 bits per heavy atom. The van der Waals surface area contributed by atoms with Crippen molar-refractivity contribution in [3.8, 4) is 5.75 Å². The van der Waals surface area contributed by atoms with Gasteiger partial charge in [-0.05, 0) is 60.2 Å². The summed E-state index contributed by atoms with van der Waals surface area (Å²) >= 11 is 0. The molecule has 3 heterocycles. The molecule has 1 aliphatic carbocycles. The van der Waals surface area contributed by atoms with Crippen molar-refractivity contribution in [3.05, 3.63) is 77.5 Å². The van der Waals surface area contributed by atoms with E-state index in [1.165, 1.54) is 12.8 Å². The van der Waals surface area contributed by atoms with Gasteiger partial charge < -0.3 is 35.7 Å². The van der Waals surface area contributed by atoms with Gasteiger partial charge in [-0.1, -0.05) is 30.3 Å². The van der Waals surface area contributed by atoms with E-state index in [9.17, 15) is 19.5 Å². The molecule has 0 spiro atoms. The van der Waals surface area contributed by atoms with Gasteiger partial charge in [0.25, 0.3) is 0 Å². The summed E-state index contributed by atoms with van der Waals surface area (Å²) in [5, 5.41) is 12.6. The highest BCUT2D eigenvalue weighted by molar-refractivity contribution is 5.98. The lowest BCUT2D eigenvalue weighted by atomic mass is 9.97. The molecule has 0 bridgehead atoms. The largest absolute Gasteiger partial charge is 0.508 e. The third-order valence-electron chi connectivity index (χ3n) is 9.30. The van der Waals surface area contributed by atoms with Gasteiger partial charge in [0, 0.05) is 71.0 Å². The molecule has 4 N–H and O–H groups in total. The van der Waals surface area contributed by atoms with Crippen molar-refractivity contribution in [3.63, 3.8) is 0 Å². The Kier molecular flexibility index (Phi) is 9.51. The zero-order chi connectivity index (χ0) is 32.2. The van der Waals surface area contributed by atoms with Crippen molar-refractivity contribution in [2.24, 2.45) is 5.73 Å². The number of aromatic nitrogens is 1. The number of nitrogens with two attached hydrogens (primary N) is 1. The van der Waals surface area contributed by atoms with Crippen LogP contribution in [0.3, 0.4) is 0 Å². The van der Waals surface area contributed by atoms with Gasteiger partial charge in [-0.15, -0.1) is 0 Å². The summed E-state index contributed by atoms with van der Waals surface area (Å²) in [6.07, 6.45) is 5.67. The van der Waals surface area contributed by atoms with Crippen LogP contribution in [0.5, 0.6) is 5.75 Å².